The Morgan fingerprint density at radius 2 is 2.22 bits per heavy atom. The molecule has 4 N–H and O–H groups in total. The molecule has 18 heavy (non-hydrogen) atoms. The van der Waals surface area contributed by atoms with Gasteiger partial charge in [0.2, 0.25) is 5.91 Å². The summed E-state index contributed by atoms with van der Waals surface area (Å²) >= 11 is 0. The first-order chi connectivity index (χ1) is 8.45. The van der Waals surface area contributed by atoms with Crippen molar-refractivity contribution in [3.05, 3.63) is 42.0 Å². The maximum Gasteiger partial charge on any atom is 0.326 e. The van der Waals surface area contributed by atoms with Crippen LogP contribution < -0.4 is 11.1 Å². The van der Waals surface area contributed by atoms with Gasteiger partial charge in [-0.25, -0.2) is 4.79 Å². The molecule has 96 valence electrons. The Kier molecular flexibility index (Phi) is 4.48. The van der Waals surface area contributed by atoms with Crippen molar-refractivity contribution in [3.63, 3.8) is 0 Å². The van der Waals surface area contributed by atoms with Crippen molar-refractivity contribution in [2.75, 3.05) is 5.32 Å². The quantitative estimate of drug-likeness (QED) is 0.666. The number of amides is 1. The van der Waals surface area contributed by atoms with Gasteiger partial charge >= 0.3 is 5.97 Å². The molecule has 1 aromatic rings. The van der Waals surface area contributed by atoms with Gasteiger partial charge in [-0.05, 0) is 37.1 Å². The zero-order valence-corrected chi connectivity index (χ0v) is 10.1. The third-order valence-corrected chi connectivity index (χ3v) is 2.53. The molecule has 0 aliphatic heterocycles. The molecule has 0 radical (unpaired) electrons. The molecule has 1 atom stereocenters. The number of aryl methyl sites for hydroxylation is 1. The molecule has 5 nitrogen and oxygen atoms in total. The van der Waals surface area contributed by atoms with Gasteiger partial charge in [-0.2, -0.15) is 0 Å². The minimum absolute atomic E-state index is 0.311. The molecule has 0 spiro atoms. The van der Waals surface area contributed by atoms with E-state index in [1.54, 1.807) is 25.1 Å². The second-order valence-electron chi connectivity index (χ2n) is 3.95. The highest BCUT2D eigenvalue weighted by Gasteiger charge is 2.15. The molecule has 0 fully saturated rings. The van der Waals surface area contributed by atoms with Crippen molar-refractivity contribution < 1.29 is 14.7 Å². The summed E-state index contributed by atoms with van der Waals surface area (Å²) in [5, 5.41) is 11.9. The first-order valence-corrected chi connectivity index (χ1v) is 5.46. The first-order valence-electron chi connectivity index (χ1n) is 5.46. The van der Waals surface area contributed by atoms with Gasteiger partial charge in [-0.3, -0.25) is 4.79 Å². The Morgan fingerprint density at radius 1 is 1.56 bits per heavy atom. The lowest BCUT2D eigenvalue weighted by Gasteiger charge is -2.15. The highest BCUT2D eigenvalue weighted by Crippen LogP contribution is 2.16. The van der Waals surface area contributed by atoms with E-state index in [2.05, 4.69) is 11.9 Å². The van der Waals surface area contributed by atoms with E-state index in [0.717, 1.165) is 0 Å². The topological polar surface area (TPSA) is 92.4 Å². The SMILES string of the molecule is C=CCC(Nc1ccc(C(N)=O)c(C)c1)C(=O)O. The van der Waals surface area contributed by atoms with Crippen LogP contribution in [0.5, 0.6) is 0 Å². The highest BCUT2D eigenvalue weighted by molar-refractivity contribution is 5.94. The van der Waals surface area contributed by atoms with Crippen LogP contribution in [0.1, 0.15) is 22.3 Å². The zero-order valence-electron chi connectivity index (χ0n) is 10.1. The fourth-order valence-electron chi connectivity index (χ4n) is 1.62. The second-order valence-corrected chi connectivity index (χ2v) is 3.95. The molecule has 1 rings (SSSR count). The maximum absolute atomic E-state index is 11.1. The average molecular weight is 248 g/mol. The molecule has 1 unspecified atom stereocenters. The molecule has 1 aromatic carbocycles. The lowest BCUT2D eigenvalue weighted by Crippen LogP contribution is -2.28. The van der Waals surface area contributed by atoms with Crippen LogP contribution in [0, 0.1) is 6.92 Å². The largest absolute Gasteiger partial charge is 0.480 e. The Morgan fingerprint density at radius 3 is 2.67 bits per heavy atom. The third-order valence-electron chi connectivity index (χ3n) is 2.53. The number of benzene rings is 1. The van der Waals surface area contributed by atoms with Crippen LogP contribution in [0.25, 0.3) is 0 Å². The van der Waals surface area contributed by atoms with Crippen molar-refractivity contribution in [2.24, 2.45) is 5.73 Å². The summed E-state index contributed by atoms with van der Waals surface area (Å²) in [7, 11) is 0. The fourth-order valence-corrected chi connectivity index (χ4v) is 1.62. The Bertz CT molecular complexity index is 483. The van der Waals surface area contributed by atoms with Crippen molar-refractivity contribution in [1.29, 1.82) is 0 Å². The molecule has 0 heterocycles. The van der Waals surface area contributed by atoms with E-state index in [1.165, 1.54) is 6.08 Å². The Hall–Kier alpha value is -2.30. The highest BCUT2D eigenvalue weighted by atomic mass is 16.4. The molecule has 5 heteroatoms. The van der Waals surface area contributed by atoms with Gasteiger partial charge in [0.1, 0.15) is 6.04 Å². The Labute approximate surface area is 105 Å². The monoisotopic (exact) mass is 248 g/mol. The number of aliphatic carboxylic acids is 1. The van der Waals surface area contributed by atoms with Crippen molar-refractivity contribution in [3.8, 4) is 0 Å². The van der Waals surface area contributed by atoms with E-state index in [0.29, 0.717) is 23.2 Å². The van der Waals surface area contributed by atoms with Gasteiger partial charge in [-0.1, -0.05) is 6.08 Å². The minimum atomic E-state index is -0.952. The van der Waals surface area contributed by atoms with E-state index in [4.69, 9.17) is 10.8 Å². The average Bonchev–Trinajstić information content (AvgIpc) is 2.27. The second kappa shape index (κ2) is 5.86. The molecule has 0 aliphatic carbocycles. The number of hydrogen-bond donors (Lipinski definition) is 3. The van der Waals surface area contributed by atoms with Gasteiger partial charge < -0.3 is 16.2 Å². The molecule has 0 saturated carbocycles. The molecule has 0 aromatic heterocycles. The van der Waals surface area contributed by atoms with Crippen LogP contribution in [0.4, 0.5) is 5.69 Å². The Balaban J connectivity index is 2.91. The standard InChI is InChI=1S/C13H16N2O3/c1-3-4-11(13(17)18)15-9-5-6-10(12(14)16)8(2)7-9/h3,5-7,11,15H,1,4H2,2H3,(H2,14,16)(H,17,18). The minimum Gasteiger partial charge on any atom is -0.480 e. The molecule has 0 bridgehead atoms. The van der Waals surface area contributed by atoms with Gasteiger partial charge in [0, 0.05) is 11.3 Å². The zero-order chi connectivity index (χ0) is 13.7. The number of primary amides is 1. The van der Waals surface area contributed by atoms with Gasteiger partial charge in [0.05, 0.1) is 0 Å². The number of nitrogens with one attached hydrogen (secondary N) is 1. The summed E-state index contributed by atoms with van der Waals surface area (Å²) in [6.45, 7) is 5.26. The molecule has 0 aliphatic rings. The third kappa shape index (κ3) is 3.35. The van der Waals surface area contributed by atoms with E-state index in [9.17, 15) is 9.59 Å². The van der Waals surface area contributed by atoms with Gasteiger partial charge in [0.15, 0.2) is 0 Å². The number of anilines is 1. The van der Waals surface area contributed by atoms with Crippen LogP contribution in [0.3, 0.4) is 0 Å². The summed E-state index contributed by atoms with van der Waals surface area (Å²) in [6.07, 6.45) is 1.85. The molecule has 0 saturated heterocycles. The van der Waals surface area contributed by atoms with E-state index in [-0.39, 0.29) is 0 Å². The molecular weight excluding hydrogens is 232 g/mol. The van der Waals surface area contributed by atoms with Crippen molar-refractivity contribution in [1.82, 2.24) is 0 Å². The number of rotatable bonds is 6. The predicted molar refractivity (Wildman–Crippen MR) is 69.6 cm³/mol. The van der Waals surface area contributed by atoms with Gasteiger partial charge in [0.25, 0.3) is 0 Å². The number of carbonyl (C=O) groups is 2. The summed E-state index contributed by atoms with van der Waals surface area (Å²) in [6, 6.07) is 4.17. The first kappa shape index (κ1) is 13.8. The number of carboxylic acid groups (broad SMARTS) is 1. The number of hydrogen-bond acceptors (Lipinski definition) is 3. The fraction of sp³-hybridized carbons (Fsp3) is 0.231. The number of nitrogens with two attached hydrogens (primary N) is 1. The number of carboxylic acids is 1. The molecular formula is C13H16N2O3. The smallest absolute Gasteiger partial charge is 0.326 e. The summed E-state index contributed by atoms with van der Waals surface area (Å²) in [4.78, 5) is 22.0. The van der Waals surface area contributed by atoms with Crippen LogP contribution in [-0.2, 0) is 4.79 Å². The summed E-state index contributed by atoms with van der Waals surface area (Å²) < 4.78 is 0. The normalized spacial score (nSPS) is 11.6. The van der Waals surface area contributed by atoms with Crippen LogP contribution in [0.15, 0.2) is 30.9 Å². The van der Waals surface area contributed by atoms with Crippen molar-refractivity contribution >= 4 is 17.6 Å². The van der Waals surface area contributed by atoms with Crippen LogP contribution in [0.2, 0.25) is 0 Å². The van der Waals surface area contributed by atoms with Crippen LogP contribution >= 0.6 is 0 Å². The lowest BCUT2D eigenvalue weighted by molar-refractivity contribution is -0.137. The van der Waals surface area contributed by atoms with Crippen LogP contribution in [-0.4, -0.2) is 23.0 Å². The predicted octanol–water partition coefficient (Wildman–Crippen LogP) is 1.54. The maximum atomic E-state index is 11.1. The number of carbonyl (C=O) groups excluding carboxylic acids is 1. The van der Waals surface area contributed by atoms with E-state index in [1.807, 2.05) is 0 Å². The summed E-state index contributed by atoms with van der Waals surface area (Å²) in [5.74, 6) is -1.45. The van der Waals surface area contributed by atoms with E-state index < -0.39 is 17.9 Å². The summed E-state index contributed by atoms with van der Waals surface area (Å²) in [5.41, 5.74) is 6.96. The molecule has 1 amide bonds. The van der Waals surface area contributed by atoms with E-state index >= 15 is 0 Å². The lowest BCUT2D eigenvalue weighted by atomic mass is 10.1. The van der Waals surface area contributed by atoms with Gasteiger partial charge in [-0.15, -0.1) is 6.58 Å². The van der Waals surface area contributed by atoms with Crippen molar-refractivity contribution in [2.45, 2.75) is 19.4 Å².